The van der Waals surface area contributed by atoms with Gasteiger partial charge in [0.05, 0.1) is 0 Å². The smallest absolute Gasteiger partial charge is 0.328 e. The van der Waals surface area contributed by atoms with Gasteiger partial charge in [0.25, 0.3) is 10.2 Å². The van der Waals surface area contributed by atoms with Gasteiger partial charge in [0.15, 0.2) is 0 Å². The highest BCUT2D eigenvalue weighted by molar-refractivity contribution is 7.90. The van der Waals surface area contributed by atoms with Crippen molar-refractivity contribution in [1.82, 2.24) is 4.72 Å². The lowest BCUT2D eigenvalue weighted by molar-refractivity contribution is -0.131. The molecule has 0 fully saturated rings. The van der Waals surface area contributed by atoms with Crippen molar-refractivity contribution in [2.24, 2.45) is 0 Å². The topological polar surface area (TPSA) is 95.5 Å². The third kappa shape index (κ3) is 4.98. The molecule has 0 heterocycles. The van der Waals surface area contributed by atoms with Crippen LogP contribution in [0, 0.1) is 0 Å². The summed E-state index contributed by atoms with van der Waals surface area (Å²) in [5, 5.41) is 8.45. The number of hydrogen-bond acceptors (Lipinski definition) is 3. The summed E-state index contributed by atoms with van der Waals surface area (Å²) >= 11 is 0. The fraction of sp³-hybridized carbons (Fsp3) is 0.182. The predicted octanol–water partition coefficient (Wildman–Crippen LogP) is 1.05. The van der Waals surface area contributed by atoms with Crippen molar-refractivity contribution in [3.8, 4) is 0 Å². The van der Waals surface area contributed by atoms with E-state index in [2.05, 4.69) is 9.44 Å². The van der Waals surface area contributed by atoms with Crippen LogP contribution in [0.4, 0.5) is 5.69 Å². The van der Waals surface area contributed by atoms with E-state index < -0.39 is 16.2 Å². The molecule has 1 rings (SSSR count). The van der Waals surface area contributed by atoms with Gasteiger partial charge in [-0.1, -0.05) is 19.1 Å². The molecule has 1 aromatic carbocycles. The lowest BCUT2D eigenvalue weighted by Crippen LogP contribution is -2.29. The van der Waals surface area contributed by atoms with Crippen molar-refractivity contribution in [2.75, 3.05) is 11.3 Å². The third-order valence-corrected chi connectivity index (χ3v) is 3.09. The number of nitrogens with one attached hydrogen (secondary N) is 2. The molecule has 98 valence electrons. The van der Waals surface area contributed by atoms with Gasteiger partial charge in [-0.25, -0.2) is 4.79 Å². The van der Waals surface area contributed by atoms with Crippen molar-refractivity contribution in [3.05, 3.63) is 35.9 Å². The molecule has 0 atom stereocenters. The van der Waals surface area contributed by atoms with Crippen molar-refractivity contribution >= 4 is 27.9 Å². The summed E-state index contributed by atoms with van der Waals surface area (Å²) in [6.07, 6.45) is 2.43. The third-order valence-electron chi connectivity index (χ3n) is 1.92. The number of hydrogen-bond donors (Lipinski definition) is 3. The van der Waals surface area contributed by atoms with Gasteiger partial charge < -0.3 is 5.11 Å². The summed E-state index contributed by atoms with van der Waals surface area (Å²) in [7, 11) is -3.54. The molecular weight excluding hydrogens is 256 g/mol. The standard InChI is InChI=1S/C11H14N2O4S/c1-2-12-18(16,17)13-10-6-3-9(4-7-10)5-8-11(14)15/h3-8,12-13H,2H2,1H3,(H,14,15)/b8-5+. The van der Waals surface area contributed by atoms with Crippen LogP contribution < -0.4 is 9.44 Å². The van der Waals surface area contributed by atoms with Gasteiger partial charge >= 0.3 is 5.97 Å². The zero-order chi connectivity index (χ0) is 13.6. The van der Waals surface area contributed by atoms with Crippen molar-refractivity contribution in [3.63, 3.8) is 0 Å². The Labute approximate surface area is 106 Å². The molecule has 6 nitrogen and oxygen atoms in total. The lowest BCUT2D eigenvalue weighted by Gasteiger charge is -2.07. The number of rotatable bonds is 6. The van der Waals surface area contributed by atoms with Crippen LogP contribution >= 0.6 is 0 Å². The summed E-state index contributed by atoms with van der Waals surface area (Å²) in [5.74, 6) is -1.04. The normalized spacial score (nSPS) is 11.6. The minimum atomic E-state index is -3.54. The molecule has 0 unspecified atom stereocenters. The zero-order valence-corrected chi connectivity index (χ0v) is 10.6. The molecule has 0 aliphatic heterocycles. The van der Waals surface area contributed by atoms with E-state index in [1.165, 1.54) is 6.08 Å². The van der Waals surface area contributed by atoms with E-state index in [0.717, 1.165) is 6.08 Å². The van der Waals surface area contributed by atoms with E-state index in [1.54, 1.807) is 31.2 Å². The maximum atomic E-state index is 11.4. The highest BCUT2D eigenvalue weighted by Gasteiger charge is 2.06. The van der Waals surface area contributed by atoms with Gasteiger partial charge in [-0.05, 0) is 23.8 Å². The lowest BCUT2D eigenvalue weighted by atomic mass is 10.2. The van der Waals surface area contributed by atoms with E-state index in [-0.39, 0.29) is 0 Å². The molecule has 0 saturated carbocycles. The van der Waals surface area contributed by atoms with Crippen LogP contribution in [0.2, 0.25) is 0 Å². The number of carboxylic acids is 1. The Hall–Kier alpha value is -1.86. The molecule has 0 amide bonds. The molecule has 0 bridgehead atoms. The van der Waals surface area contributed by atoms with Gasteiger partial charge in [-0.3, -0.25) is 4.72 Å². The summed E-state index contributed by atoms with van der Waals surface area (Å²) in [4.78, 5) is 10.3. The first-order chi connectivity index (χ1) is 8.43. The fourth-order valence-corrected chi connectivity index (χ4v) is 2.11. The molecule has 0 aliphatic rings. The average Bonchev–Trinajstić information content (AvgIpc) is 2.27. The second-order valence-electron chi connectivity index (χ2n) is 3.40. The molecule has 0 aromatic heterocycles. The largest absolute Gasteiger partial charge is 0.478 e. The van der Waals surface area contributed by atoms with E-state index in [1.807, 2.05) is 0 Å². The van der Waals surface area contributed by atoms with Crippen molar-refractivity contribution in [1.29, 1.82) is 0 Å². The fourth-order valence-electron chi connectivity index (χ4n) is 1.21. The van der Waals surface area contributed by atoms with E-state index in [4.69, 9.17) is 5.11 Å². The average molecular weight is 270 g/mol. The number of carbonyl (C=O) groups is 1. The minimum absolute atomic E-state index is 0.300. The van der Waals surface area contributed by atoms with Crippen LogP contribution in [0.1, 0.15) is 12.5 Å². The number of benzene rings is 1. The SMILES string of the molecule is CCNS(=O)(=O)Nc1ccc(/C=C/C(=O)O)cc1. The van der Waals surface area contributed by atoms with Gasteiger partial charge in [-0.2, -0.15) is 13.1 Å². The molecule has 0 spiro atoms. The highest BCUT2D eigenvalue weighted by atomic mass is 32.2. The van der Waals surface area contributed by atoms with E-state index >= 15 is 0 Å². The Kier molecular flexibility index (Phi) is 4.87. The maximum absolute atomic E-state index is 11.4. The molecule has 7 heteroatoms. The van der Waals surface area contributed by atoms with Gasteiger partial charge in [0.1, 0.15) is 0 Å². The Morgan fingerprint density at radius 2 is 1.94 bits per heavy atom. The van der Waals surface area contributed by atoms with Crippen LogP contribution in [0.25, 0.3) is 6.08 Å². The van der Waals surface area contributed by atoms with E-state index in [0.29, 0.717) is 17.8 Å². The number of aliphatic carboxylic acids is 1. The first kappa shape index (κ1) is 14.2. The number of anilines is 1. The Balaban J connectivity index is 2.75. The first-order valence-corrected chi connectivity index (χ1v) is 6.70. The molecule has 3 N–H and O–H groups in total. The van der Waals surface area contributed by atoms with Crippen LogP contribution in [-0.2, 0) is 15.0 Å². The van der Waals surface area contributed by atoms with Crippen molar-refractivity contribution in [2.45, 2.75) is 6.92 Å². The van der Waals surface area contributed by atoms with Crippen LogP contribution in [0.3, 0.4) is 0 Å². The monoisotopic (exact) mass is 270 g/mol. The quantitative estimate of drug-likeness (QED) is 0.673. The van der Waals surface area contributed by atoms with Crippen molar-refractivity contribution < 1.29 is 18.3 Å². The maximum Gasteiger partial charge on any atom is 0.328 e. The second kappa shape index (κ2) is 6.18. The Morgan fingerprint density at radius 3 is 2.44 bits per heavy atom. The summed E-state index contributed by atoms with van der Waals surface area (Å²) in [6, 6.07) is 6.33. The minimum Gasteiger partial charge on any atom is -0.478 e. The predicted molar refractivity (Wildman–Crippen MR) is 69.3 cm³/mol. The Bertz CT molecular complexity index is 535. The molecule has 18 heavy (non-hydrogen) atoms. The summed E-state index contributed by atoms with van der Waals surface area (Å²) in [6.45, 7) is 1.98. The molecule has 1 aromatic rings. The highest BCUT2D eigenvalue weighted by Crippen LogP contribution is 2.11. The molecule has 0 radical (unpaired) electrons. The van der Waals surface area contributed by atoms with Crippen LogP contribution in [0.15, 0.2) is 30.3 Å². The van der Waals surface area contributed by atoms with Gasteiger partial charge in [0.2, 0.25) is 0 Å². The van der Waals surface area contributed by atoms with Crippen LogP contribution in [0.5, 0.6) is 0 Å². The zero-order valence-electron chi connectivity index (χ0n) is 9.75. The molecule has 0 saturated heterocycles. The first-order valence-electron chi connectivity index (χ1n) is 5.21. The molecular formula is C11H14N2O4S. The Morgan fingerprint density at radius 1 is 1.33 bits per heavy atom. The second-order valence-corrected chi connectivity index (χ2v) is 4.90. The van der Waals surface area contributed by atoms with Gasteiger partial charge in [0, 0.05) is 18.3 Å². The van der Waals surface area contributed by atoms with E-state index in [9.17, 15) is 13.2 Å². The summed E-state index contributed by atoms with van der Waals surface area (Å²) in [5.41, 5.74) is 1.08. The molecule has 0 aliphatic carbocycles. The summed E-state index contributed by atoms with van der Waals surface area (Å²) < 4.78 is 27.4. The van der Waals surface area contributed by atoms with Gasteiger partial charge in [-0.15, -0.1) is 0 Å². The van der Waals surface area contributed by atoms with Crippen LogP contribution in [-0.4, -0.2) is 26.0 Å². The number of carboxylic acid groups (broad SMARTS) is 1.